The van der Waals surface area contributed by atoms with Gasteiger partial charge in [-0.1, -0.05) is 44.2 Å². The summed E-state index contributed by atoms with van der Waals surface area (Å²) in [4.78, 5) is 24.2. The molecule has 0 aromatic heterocycles. The highest BCUT2D eigenvalue weighted by molar-refractivity contribution is 5.87. The Hall–Kier alpha value is -3.87. The van der Waals surface area contributed by atoms with Crippen LogP contribution in [0.25, 0.3) is 0 Å². The van der Waals surface area contributed by atoms with Crippen LogP contribution in [0.4, 0.5) is 17.6 Å². The number of ether oxygens (including phenoxy) is 3. The number of hydrogen-bond acceptors (Lipinski definition) is 6. The molecule has 35 heavy (non-hydrogen) atoms. The van der Waals surface area contributed by atoms with Crippen LogP contribution in [0.5, 0.6) is 11.5 Å². The van der Waals surface area contributed by atoms with Gasteiger partial charge >= 0.3 is 18.1 Å². The Labute approximate surface area is 198 Å². The first-order valence-corrected chi connectivity index (χ1v) is 10.5. The van der Waals surface area contributed by atoms with Crippen molar-refractivity contribution in [2.45, 2.75) is 26.1 Å². The Morgan fingerprint density at radius 2 is 1.77 bits per heavy atom. The molecule has 0 spiro atoms. The predicted molar refractivity (Wildman–Crippen MR) is 114 cm³/mol. The number of carbonyl (C=O) groups excluding carboxylic acids is 2. The van der Waals surface area contributed by atoms with E-state index in [1.54, 1.807) is 62.4 Å². The van der Waals surface area contributed by atoms with E-state index in [9.17, 15) is 32.4 Å². The Kier molecular flexibility index (Phi) is 7.48. The van der Waals surface area contributed by atoms with E-state index in [1.165, 1.54) is 0 Å². The molecule has 0 heterocycles. The summed E-state index contributed by atoms with van der Waals surface area (Å²) in [5.74, 6) is -4.89. The van der Waals surface area contributed by atoms with E-state index in [1.807, 2.05) is 12.1 Å². The molecule has 0 bridgehead atoms. The number of para-hydroxylation sites is 1. The second-order valence-electron chi connectivity index (χ2n) is 8.46. The number of rotatable bonds is 8. The number of allylic oxidation sites excluding steroid dienone is 1. The predicted octanol–water partition coefficient (Wildman–Crippen LogP) is 5.82. The van der Waals surface area contributed by atoms with Crippen molar-refractivity contribution in [2.24, 2.45) is 17.3 Å². The summed E-state index contributed by atoms with van der Waals surface area (Å²) in [6.45, 7) is 1.28. The molecule has 1 aliphatic rings. The normalized spacial score (nSPS) is 19.7. The van der Waals surface area contributed by atoms with Crippen LogP contribution in [0.1, 0.15) is 25.5 Å². The number of hydrogen-bond donors (Lipinski definition) is 0. The first-order chi connectivity index (χ1) is 16.4. The quantitative estimate of drug-likeness (QED) is 0.263. The van der Waals surface area contributed by atoms with Crippen LogP contribution >= 0.6 is 0 Å². The summed E-state index contributed by atoms with van der Waals surface area (Å²) in [5.41, 5.74) is -0.501. The molecular weight excluding hydrogens is 470 g/mol. The van der Waals surface area contributed by atoms with E-state index in [-0.39, 0.29) is 0 Å². The van der Waals surface area contributed by atoms with Crippen molar-refractivity contribution >= 4 is 11.9 Å². The van der Waals surface area contributed by atoms with Gasteiger partial charge in [0, 0.05) is 5.56 Å². The Bertz CT molecular complexity index is 1150. The Balaban J connectivity index is 1.66. The van der Waals surface area contributed by atoms with E-state index in [2.05, 4.69) is 4.74 Å². The molecule has 6 nitrogen and oxygen atoms in total. The number of esters is 2. The lowest BCUT2D eigenvalue weighted by molar-refractivity contribution is -0.184. The fourth-order valence-electron chi connectivity index (χ4n) is 3.61. The summed E-state index contributed by atoms with van der Waals surface area (Å²) < 4.78 is 65.5. The van der Waals surface area contributed by atoms with Crippen LogP contribution in [0.15, 0.2) is 66.5 Å². The molecule has 1 aliphatic carbocycles. The largest absolute Gasteiger partial charge is 0.457 e. The fraction of sp³-hybridized carbons (Fsp3) is 0.320. The van der Waals surface area contributed by atoms with Gasteiger partial charge < -0.3 is 14.2 Å². The van der Waals surface area contributed by atoms with Gasteiger partial charge in [0.2, 0.25) is 11.9 Å². The molecule has 10 heteroatoms. The smallest absolute Gasteiger partial charge is 0.422 e. The van der Waals surface area contributed by atoms with E-state index in [4.69, 9.17) is 9.47 Å². The maximum Gasteiger partial charge on any atom is 0.422 e. The Morgan fingerprint density at radius 1 is 1.11 bits per heavy atom. The maximum atomic E-state index is 14.1. The van der Waals surface area contributed by atoms with Crippen LogP contribution in [0.3, 0.4) is 0 Å². The van der Waals surface area contributed by atoms with E-state index in [0.29, 0.717) is 17.1 Å². The van der Waals surface area contributed by atoms with Crippen molar-refractivity contribution in [3.05, 3.63) is 72.1 Å². The molecule has 3 atom stereocenters. The number of nitrogens with zero attached hydrogens (tertiary/aromatic N) is 1. The first-order valence-electron chi connectivity index (χ1n) is 10.5. The molecule has 0 unspecified atom stereocenters. The van der Waals surface area contributed by atoms with E-state index >= 15 is 0 Å². The molecule has 0 aliphatic heterocycles. The van der Waals surface area contributed by atoms with Crippen molar-refractivity contribution in [3.8, 4) is 17.6 Å². The topological polar surface area (TPSA) is 85.6 Å². The van der Waals surface area contributed by atoms with Crippen molar-refractivity contribution in [2.75, 3.05) is 6.61 Å². The molecule has 2 aromatic rings. The lowest BCUT2D eigenvalue weighted by Gasteiger charge is -2.13. The van der Waals surface area contributed by atoms with Gasteiger partial charge in [-0.3, -0.25) is 4.79 Å². The van der Waals surface area contributed by atoms with Crippen LogP contribution < -0.4 is 4.74 Å². The van der Waals surface area contributed by atoms with E-state index in [0.717, 1.165) is 6.08 Å². The Morgan fingerprint density at radius 3 is 2.40 bits per heavy atom. The summed E-state index contributed by atoms with van der Waals surface area (Å²) >= 11 is 0. The number of benzene rings is 2. The summed E-state index contributed by atoms with van der Waals surface area (Å²) in [6.07, 6.45) is -5.33. The van der Waals surface area contributed by atoms with Crippen molar-refractivity contribution < 1.29 is 41.4 Å². The monoisotopic (exact) mass is 491 g/mol. The molecular formula is C25H21F4NO5. The lowest BCUT2D eigenvalue weighted by Crippen LogP contribution is -2.20. The highest BCUT2D eigenvalue weighted by Crippen LogP contribution is 2.60. The first kappa shape index (κ1) is 25.7. The fourth-order valence-corrected chi connectivity index (χ4v) is 3.61. The average molecular weight is 491 g/mol. The van der Waals surface area contributed by atoms with Crippen molar-refractivity contribution in [1.82, 2.24) is 0 Å². The number of carbonyl (C=O) groups is 2. The maximum absolute atomic E-state index is 14.1. The van der Waals surface area contributed by atoms with Gasteiger partial charge in [0.25, 0.3) is 0 Å². The van der Waals surface area contributed by atoms with Gasteiger partial charge in [-0.05, 0) is 41.7 Å². The van der Waals surface area contributed by atoms with Gasteiger partial charge in [0.1, 0.15) is 17.6 Å². The molecule has 184 valence electrons. The summed E-state index contributed by atoms with van der Waals surface area (Å²) in [5, 5.41) is 9.56. The van der Waals surface area contributed by atoms with Gasteiger partial charge in [0.15, 0.2) is 6.61 Å². The average Bonchev–Trinajstić information content (AvgIpc) is 3.35. The highest BCUT2D eigenvalue weighted by Gasteiger charge is 2.62. The number of halogens is 4. The molecule has 0 saturated heterocycles. The highest BCUT2D eigenvalue weighted by atomic mass is 19.4. The third-order valence-corrected chi connectivity index (χ3v) is 5.54. The molecule has 1 saturated carbocycles. The molecule has 2 aromatic carbocycles. The molecule has 1 fully saturated rings. The van der Waals surface area contributed by atoms with Gasteiger partial charge in [0.05, 0.1) is 5.92 Å². The van der Waals surface area contributed by atoms with Crippen molar-refractivity contribution in [1.29, 1.82) is 5.26 Å². The lowest BCUT2D eigenvalue weighted by atomic mass is 10.1. The SMILES string of the molecule is CC1(C)[C@H](C(=O)O[C@H](C#N)c2cccc(Oc3ccccc3)c2)[C@@H]1/C=C(/F)C(=O)OCC(F)(F)F. The van der Waals surface area contributed by atoms with E-state index < -0.39 is 53.9 Å². The number of alkyl halides is 3. The van der Waals surface area contributed by atoms with Crippen LogP contribution in [-0.4, -0.2) is 24.7 Å². The van der Waals surface area contributed by atoms with Crippen LogP contribution in [-0.2, 0) is 19.1 Å². The van der Waals surface area contributed by atoms with Crippen LogP contribution in [0, 0.1) is 28.6 Å². The van der Waals surface area contributed by atoms with Gasteiger partial charge in [-0.2, -0.15) is 22.8 Å². The van der Waals surface area contributed by atoms with Crippen LogP contribution in [0.2, 0.25) is 0 Å². The third kappa shape index (κ3) is 6.59. The molecule has 0 radical (unpaired) electrons. The minimum absolute atomic E-state index is 0.349. The molecule has 3 rings (SSSR count). The molecule has 0 N–H and O–H groups in total. The standard InChI is InChI=1S/C25H21F4NO5/c1-24(2)18(12-19(26)22(31)33-14-25(27,28)29)21(24)23(32)35-20(13-30)15-7-6-10-17(11-15)34-16-8-4-3-5-9-16/h3-12,18,20-21H,14H2,1-2H3/b19-12+/t18-,20+,21-/m0/s1. The number of nitriles is 1. The zero-order valence-electron chi connectivity index (χ0n) is 18.7. The zero-order chi connectivity index (χ0) is 25.8. The second kappa shape index (κ2) is 10.2. The zero-order valence-corrected chi connectivity index (χ0v) is 18.7. The second-order valence-corrected chi connectivity index (χ2v) is 8.46. The molecule has 0 amide bonds. The minimum atomic E-state index is -4.79. The van der Waals surface area contributed by atoms with Gasteiger partial charge in [-0.25, -0.2) is 4.79 Å². The third-order valence-electron chi connectivity index (χ3n) is 5.54. The summed E-state index contributed by atoms with van der Waals surface area (Å²) in [6, 6.07) is 17.2. The summed E-state index contributed by atoms with van der Waals surface area (Å²) in [7, 11) is 0. The minimum Gasteiger partial charge on any atom is -0.457 e. The van der Waals surface area contributed by atoms with Gasteiger partial charge in [-0.15, -0.1) is 0 Å². The van der Waals surface area contributed by atoms with Crippen molar-refractivity contribution in [3.63, 3.8) is 0 Å².